The van der Waals surface area contributed by atoms with Gasteiger partial charge in [0.25, 0.3) is 0 Å². The molecular weight excluding hydrogens is 424 g/mol. The summed E-state index contributed by atoms with van der Waals surface area (Å²) in [5.74, 6) is -0.275. The number of aliphatic hydroxyl groups excluding tert-OH is 1. The number of rotatable bonds is 9. The summed E-state index contributed by atoms with van der Waals surface area (Å²) >= 11 is 3.70. The number of ether oxygens (including phenoxy) is 3. The highest BCUT2D eigenvalue weighted by Crippen LogP contribution is 2.32. The molecule has 5 nitrogen and oxygen atoms in total. The van der Waals surface area contributed by atoms with Gasteiger partial charge in [0.05, 0.1) is 23.9 Å². The number of hydrogen-bond donors (Lipinski definition) is 1. The van der Waals surface area contributed by atoms with E-state index in [2.05, 4.69) is 22.9 Å². The Morgan fingerprint density at radius 2 is 1.96 bits per heavy atom. The number of hydrogen-bond acceptors (Lipinski definition) is 5. The fraction of sp³-hybridized carbons (Fsp3) is 0.682. The molecule has 1 aliphatic rings. The van der Waals surface area contributed by atoms with Crippen molar-refractivity contribution in [2.75, 3.05) is 13.7 Å². The van der Waals surface area contributed by atoms with Crippen molar-refractivity contribution in [3.05, 3.63) is 35.9 Å². The lowest BCUT2D eigenvalue weighted by Gasteiger charge is -2.37. The largest absolute Gasteiger partial charge is 0.458 e. The van der Waals surface area contributed by atoms with Crippen LogP contribution in [0.4, 0.5) is 0 Å². The molecule has 28 heavy (non-hydrogen) atoms. The van der Waals surface area contributed by atoms with Crippen LogP contribution in [-0.4, -0.2) is 54.0 Å². The maximum absolute atomic E-state index is 12.7. The SMILES string of the molecule is CO[C@H]1C[C@H](C[C@@H](OC(=O)c2ccccc2)[C@H](C)[C@@H](Br)[C@H](C)CO)O[C@@H](C)C1. The minimum Gasteiger partial charge on any atom is -0.458 e. The summed E-state index contributed by atoms with van der Waals surface area (Å²) in [4.78, 5) is 12.7. The second-order valence-corrected chi connectivity index (χ2v) is 8.96. The van der Waals surface area contributed by atoms with E-state index in [-0.39, 0.29) is 53.7 Å². The summed E-state index contributed by atoms with van der Waals surface area (Å²) in [6.45, 7) is 6.15. The van der Waals surface area contributed by atoms with Crippen LogP contribution in [-0.2, 0) is 14.2 Å². The number of methoxy groups -OCH3 is 1. The highest BCUT2D eigenvalue weighted by molar-refractivity contribution is 9.09. The predicted octanol–water partition coefficient (Wildman–Crippen LogP) is 4.21. The van der Waals surface area contributed by atoms with E-state index in [1.807, 2.05) is 32.0 Å². The lowest BCUT2D eigenvalue weighted by Crippen LogP contribution is -2.41. The fourth-order valence-electron chi connectivity index (χ4n) is 3.78. The van der Waals surface area contributed by atoms with E-state index in [1.54, 1.807) is 19.2 Å². The van der Waals surface area contributed by atoms with Crippen LogP contribution in [0.25, 0.3) is 0 Å². The second kappa shape index (κ2) is 11.3. The Morgan fingerprint density at radius 1 is 1.29 bits per heavy atom. The third-order valence-corrected chi connectivity index (χ3v) is 7.30. The molecular formula is C22H33BrO5. The van der Waals surface area contributed by atoms with Gasteiger partial charge in [-0.25, -0.2) is 4.79 Å². The molecule has 1 heterocycles. The first-order chi connectivity index (χ1) is 13.3. The van der Waals surface area contributed by atoms with Crippen molar-refractivity contribution < 1.29 is 24.1 Å². The minimum absolute atomic E-state index is 0.0108. The van der Waals surface area contributed by atoms with Gasteiger partial charge in [-0.3, -0.25) is 0 Å². The monoisotopic (exact) mass is 456 g/mol. The first-order valence-corrected chi connectivity index (χ1v) is 11.0. The Balaban J connectivity index is 2.14. The Bertz CT molecular complexity index is 596. The number of aliphatic hydroxyl groups is 1. The molecule has 0 bridgehead atoms. The molecule has 0 saturated carbocycles. The third-order valence-electron chi connectivity index (χ3n) is 5.56. The van der Waals surface area contributed by atoms with Gasteiger partial charge in [-0.2, -0.15) is 0 Å². The van der Waals surface area contributed by atoms with E-state index in [9.17, 15) is 9.90 Å². The molecule has 0 aliphatic carbocycles. The van der Waals surface area contributed by atoms with Crippen molar-refractivity contribution in [1.82, 2.24) is 0 Å². The summed E-state index contributed by atoms with van der Waals surface area (Å²) in [5.41, 5.74) is 0.536. The van der Waals surface area contributed by atoms with Crippen LogP contribution in [0.5, 0.6) is 0 Å². The Labute approximate surface area is 176 Å². The molecule has 1 aliphatic heterocycles. The molecule has 1 fully saturated rings. The van der Waals surface area contributed by atoms with E-state index < -0.39 is 0 Å². The van der Waals surface area contributed by atoms with Crippen LogP contribution in [0.3, 0.4) is 0 Å². The van der Waals surface area contributed by atoms with Crippen molar-refractivity contribution >= 4 is 21.9 Å². The maximum Gasteiger partial charge on any atom is 0.338 e. The summed E-state index contributed by atoms with van der Waals surface area (Å²) in [5, 5.41) is 9.54. The zero-order valence-corrected chi connectivity index (χ0v) is 18.8. The van der Waals surface area contributed by atoms with Gasteiger partial charge in [-0.1, -0.05) is 48.0 Å². The first-order valence-electron chi connectivity index (χ1n) is 10.0. The first kappa shape index (κ1) is 23.3. The maximum atomic E-state index is 12.7. The van der Waals surface area contributed by atoms with Gasteiger partial charge in [-0.15, -0.1) is 0 Å². The van der Waals surface area contributed by atoms with Crippen LogP contribution < -0.4 is 0 Å². The van der Waals surface area contributed by atoms with E-state index in [1.165, 1.54) is 0 Å². The molecule has 1 N–H and O–H groups in total. The van der Waals surface area contributed by atoms with Gasteiger partial charge in [-0.05, 0) is 37.8 Å². The Hall–Kier alpha value is -0.950. The molecule has 6 heteroatoms. The number of halogens is 1. The van der Waals surface area contributed by atoms with E-state index >= 15 is 0 Å². The van der Waals surface area contributed by atoms with Gasteiger partial charge in [0, 0.05) is 30.9 Å². The zero-order valence-electron chi connectivity index (χ0n) is 17.2. The van der Waals surface area contributed by atoms with Crippen molar-refractivity contribution in [2.24, 2.45) is 11.8 Å². The van der Waals surface area contributed by atoms with Gasteiger partial charge in [0.2, 0.25) is 0 Å². The average molecular weight is 457 g/mol. The van der Waals surface area contributed by atoms with Crippen LogP contribution in [0.2, 0.25) is 0 Å². The fourth-order valence-corrected chi connectivity index (χ4v) is 4.28. The van der Waals surface area contributed by atoms with Crippen LogP contribution in [0.15, 0.2) is 30.3 Å². The van der Waals surface area contributed by atoms with Crippen molar-refractivity contribution in [1.29, 1.82) is 0 Å². The molecule has 1 saturated heterocycles. The average Bonchev–Trinajstić information content (AvgIpc) is 2.71. The van der Waals surface area contributed by atoms with Gasteiger partial charge >= 0.3 is 5.97 Å². The number of benzene rings is 1. The number of carbonyl (C=O) groups excluding carboxylic acids is 1. The molecule has 1 aromatic carbocycles. The van der Waals surface area contributed by atoms with Crippen LogP contribution in [0.1, 0.15) is 50.4 Å². The lowest BCUT2D eigenvalue weighted by molar-refractivity contribution is -0.115. The van der Waals surface area contributed by atoms with Crippen molar-refractivity contribution in [3.8, 4) is 0 Å². The van der Waals surface area contributed by atoms with E-state index in [0.29, 0.717) is 12.0 Å². The van der Waals surface area contributed by atoms with Crippen LogP contribution in [0, 0.1) is 11.8 Å². The van der Waals surface area contributed by atoms with Crippen molar-refractivity contribution in [2.45, 2.75) is 69.3 Å². The molecule has 1 aromatic rings. The molecule has 7 atom stereocenters. The minimum atomic E-state index is -0.334. The summed E-state index contributed by atoms with van der Waals surface area (Å²) in [7, 11) is 1.73. The predicted molar refractivity (Wildman–Crippen MR) is 113 cm³/mol. The Morgan fingerprint density at radius 3 is 2.57 bits per heavy atom. The highest BCUT2D eigenvalue weighted by Gasteiger charge is 2.35. The number of esters is 1. The zero-order chi connectivity index (χ0) is 20.7. The van der Waals surface area contributed by atoms with Gasteiger partial charge < -0.3 is 19.3 Å². The number of alkyl halides is 1. The lowest BCUT2D eigenvalue weighted by atomic mass is 9.88. The van der Waals surface area contributed by atoms with E-state index in [4.69, 9.17) is 14.2 Å². The standard InChI is InChI=1S/C22H33BrO5/c1-14(13-24)21(23)16(3)20(28-22(25)17-8-6-5-7-9-17)12-19-11-18(26-4)10-15(2)27-19/h5-9,14-16,18-21,24H,10-13H2,1-4H3/t14-,15+,16+,18-,19-,20-,21+/m1/s1. The number of carbonyl (C=O) groups is 1. The summed E-state index contributed by atoms with van der Waals surface area (Å²) in [6, 6.07) is 9.03. The molecule has 158 valence electrons. The molecule has 0 amide bonds. The molecule has 0 aromatic heterocycles. The molecule has 0 radical (unpaired) electrons. The third kappa shape index (κ3) is 6.55. The smallest absolute Gasteiger partial charge is 0.338 e. The van der Waals surface area contributed by atoms with Gasteiger partial charge in [0.15, 0.2) is 0 Å². The second-order valence-electron chi connectivity index (χ2n) is 7.91. The van der Waals surface area contributed by atoms with Crippen molar-refractivity contribution in [3.63, 3.8) is 0 Å². The highest BCUT2D eigenvalue weighted by atomic mass is 79.9. The topological polar surface area (TPSA) is 65.0 Å². The van der Waals surface area contributed by atoms with Crippen LogP contribution >= 0.6 is 15.9 Å². The Kier molecular flexibility index (Phi) is 9.41. The molecule has 0 unspecified atom stereocenters. The normalized spacial score (nSPS) is 26.9. The van der Waals surface area contributed by atoms with Gasteiger partial charge in [0.1, 0.15) is 6.10 Å². The summed E-state index contributed by atoms with van der Waals surface area (Å²) < 4.78 is 17.6. The molecule has 2 rings (SSSR count). The summed E-state index contributed by atoms with van der Waals surface area (Å²) in [6.07, 6.45) is 2.17. The van der Waals surface area contributed by atoms with E-state index in [0.717, 1.165) is 12.8 Å². The molecule has 0 spiro atoms. The quantitative estimate of drug-likeness (QED) is 0.445.